The number of hydrogen-bond donors (Lipinski definition) is 2. The third kappa shape index (κ3) is 7.26. The number of likely N-dealkylation sites (tertiary alicyclic amines) is 1. The summed E-state index contributed by atoms with van der Waals surface area (Å²) in [7, 11) is 3.27. The molecule has 1 saturated heterocycles. The number of rotatable bonds is 13. The molecule has 3 amide bonds. The molecular weight excluding hydrogens is 374 g/mol. The number of ether oxygens (including phenoxy) is 2. The number of amides is 3. The number of carbonyl (C=O) groups is 3. The van der Waals surface area contributed by atoms with Crippen LogP contribution in [0.3, 0.4) is 0 Å². The SMILES string of the molecule is CCC(C)C(NC(=O)CNC=O)C(CC(=O)N1CCCC1C(OC)C(C)C)OC. The van der Waals surface area contributed by atoms with Crippen molar-refractivity contribution in [2.45, 2.75) is 77.7 Å². The summed E-state index contributed by atoms with van der Waals surface area (Å²) < 4.78 is 11.3. The molecule has 5 atom stereocenters. The van der Waals surface area contributed by atoms with Gasteiger partial charge >= 0.3 is 0 Å². The van der Waals surface area contributed by atoms with Crippen LogP contribution in [0.4, 0.5) is 0 Å². The van der Waals surface area contributed by atoms with Crippen LogP contribution in [0.25, 0.3) is 0 Å². The molecule has 0 aliphatic carbocycles. The second kappa shape index (κ2) is 12.8. The number of hydrogen-bond acceptors (Lipinski definition) is 5. The molecule has 0 aromatic rings. The van der Waals surface area contributed by atoms with Crippen LogP contribution in [0.2, 0.25) is 0 Å². The van der Waals surface area contributed by atoms with Gasteiger partial charge in [0.1, 0.15) is 0 Å². The maximum Gasteiger partial charge on any atom is 0.239 e. The van der Waals surface area contributed by atoms with Gasteiger partial charge in [-0.1, -0.05) is 34.1 Å². The Morgan fingerprint density at radius 1 is 1.21 bits per heavy atom. The molecule has 1 rings (SSSR count). The lowest BCUT2D eigenvalue weighted by molar-refractivity contribution is -0.139. The maximum absolute atomic E-state index is 13.2. The van der Waals surface area contributed by atoms with Crippen LogP contribution in [0.15, 0.2) is 0 Å². The van der Waals surface area contributed by atoms with Crippen molar-refractivity contribution in [1.82, 2.24) is 15.5 Å². The van der Waals surface area contributed by atoms with Gasteiger partial charge in [-0.2, -0.15) is 0 Å². The molecule has 8 heteroatoms. The highest BCUT2D eigenvalue weighted by molar-refractivity contribution is 5.80. The van der Waals surface area contributed by atoms with Crippen molar-refractivity contribution in [1.29, 1.82) is 0 Å². The lowest BCUT2D eigenvalue weighted by atomic mass is 9.91. The predicted molar refractivity (Wildman–Crippen MR) is 111 cm³/mol. The molecule has 1 aliphatic rings. The van der Waals surface area contributed by atoms with Crippen molar-refractivity contribution < 1.29 is 23.9 Å². The van der Waals surface area contributed by atoms with Gasteiger partial charge in [-0.15, -0.1) is 0 Å². The minimum Gasteiger partial charge on any atom is -0.379 e. The monoisotopic (exact) mass is 413 g/mol. The molecule has 0 aromatic heterocycles. The molecule has 0 radical (unpaired) electrons. The zero-order chi connectivity index (χ0) is 22.0. The lowest BCUT2D eigenvalue weighted by Crippen LogP contribution is -2.53. The summed E-state index contributed by atoms with van der Waals surface area (Å²) in [5.74, 6) is 0.157. The molecule has 0 aromatic carbocycles. The molecule has 0 saturated carbocycles. The number of methoxy groups -OCH3 is 2. The predicted octanol–water partition coefficient (Wildman–Crippen LogP) is 1.33. The molecule has 0 spiro atoms. The zero-order valence-corrected chi connectivity index (χ0v) is 18.8. The quantitative estimate of drug-likeness (QED) is 0.444. The summed E-state index contributed by atoms with van der Waals surface area (Å²) in [5, 5.41) is 5.30. The van der Waals surface area contributed by atoms with E-state index in [0.29, 0.717) is 12.3 Å². The Balaban J connectivity index is 2.89. The zero-order valence-electron chi connectivity index (χ0n) is 18.8. The molecule has 5 unspecified atom stereocenters. The van der Waals surface area contributed by atoms with Crippen LogP contribution < -0.4 is 10.6 Å². The van der Waals surface area contributed by atoms with Gasteiger partial charge in [0, 0.05) is 20.8 Å². The Morgan fingerprint density at radius 2 is 1.90 bits per heavy atom. The van der Waals surface area contributed by atoms with Gasteiger partial charge in [0.25, 0.3) is 0 Å². The standard InChI is InChI=1S/C21H39N3O5/c1-7-15(4)20(23-18(26)12-22-13-25)17(28-5)11-19(27)24-10-8-9-16(24)21(29-6)14(2)3/h13-17,20-21H,7-12H2,1-6H3,(H,22,25)(H,23,26). The largest absolute Gasteiger partial charge is 0.379 e. The Kier molecular flexibility index (Phi) is 11.2. The lowest BCUT2D eigenvalue weighted by Gasteiger charge is -2.36. The van der Waals surface area contributed by atoms with Gasteiger partial charge < -0.3 is 25.0 Å². The van der Waals surface area contributed by atoms with Gasteiger partial charge in [-0.25, -0.2) is 0 Å². The third-order valence-corrected chi connectivity index (χ3v) is 5.94. The third-order valence-electron chi connectivity index (χ3n) is 5.94. The van der Waals surface area contributed by atoms with E-state index in [1.165, 1.54) is 0 Å². The minimum absolute atomic E-state index is 0.00178. The number of nitrogens with zero attached hydrogens (tertiary/aromatic N) is 1. The summed E-state index contributed by atoms with van der Waals surface area (Å²) in [6.45, 7) is 8.89. The Morgan fingerprint density at radius 3 is 2.41 bits per heavy atom. The first kappa shape index (κ1) is 25.4. The minimum atomic E-state index is -0.445. The maximum atomic E-state index is 13.2. The van der Waals surface area contributed by atoms with Crippen molar-refractivity contribution in [3.8, 4) is 0 Å². The highest BCUT2D eigenvalue weighted by Crippen LogP contribution is 2.27. The average Bonchev–Trinajstić information content (AvgIpc) is 3.17. The van der Waals surface area contributed by atoms with Gasteiger partial charge in [0.2, 0.25) is 18.2 Å². The first-order chi connectivity index (χ1) is 13.8. The second-order valence-electron chi connectivity index (χ2n) is 8.20. The summed E-state index contributed by atoms with van der Waals surface area (Å²) in [6.07, 6.45) is 2.96. The molecule has 8 nitrogen and oxygen atoms in total. The van der Waals surface area contributed by atoms with Crippen molar-refractivity contribution in [3.63, 3.8) is 0 Å². The van der Waals surface area contributed by atoms with Gasteiger partial charge in [0.15, 0.2) is 0 Å². The average molecular weight is 414 g/mol. The van der Waals surface area contributed by atoms with E-state index in [0.717, 1.165) is 25.8 Å². The Labute approximate surface area is 175 Å². The van der Waals surface area contributed by atoms with E-state index in [-0.39, 0.29) is 48.9 Å². The summed E-state index contributed by atoms with van der Waals surface area (Å²) >= 11 is 0. The van der Waals surface area contributed by atoms with E-state index in [9.17, 15) is 14.4 Å². The van der Waals surface area contributed by atoms with Crippen molar-refractivity contribution in [3.05, 3.63) is 0 Å². The number of carbonyl (C=O) groups excluding carboxylic acids is 3. The fourth-order valence-electron chi connectivity index (χ4n) is 4.19. The Bertz CT molecular complexity index is 528. The summed E-state index contributed by atoms with van der Waals surface area (Å²) in [6, 6.07) is -0.252. The van der Waals surface area contributed by atoms with Gasteiger partial charge in [-0.05, 0) is 24.7 Å². The normalized spacial score (nSPS) is 20.8. The smallest absolute Gasteiger partial charge is 0.239 e. The fourth-order valence-corrected chi connectivity index (χ4v) is 4.19. The van der Waals surface area contributed by atoms with Crippen molar-refractivity contribution in [2.75, 3.05) is 27.3 Å². The van der Waals surface area contributed by atoms with Crippen molar-refractivity contribution in [2.24, 2.45) is 11.8 Å². The first-order valence-electron chi connectivity index (χ1n) is 10.6. The van der Waals surface area contributed by atoms with Gasteiger partial charge in [-0.3, -0.25) is 14.4 Å². The molecule has 168 valence electrons. The van der Waals surface area contributed by atoms with Crippen molar-refractivity contribution >= 4 is 18.2 Å². The second-order valence-corrected chi connectivity index (χ2v) is 8.20. The van der Waals surface area contributed by atoms with E-state index < -0.39 is 6.10 Å². The van der Waals surface area contributed by atoms with Crippen LogP contribution in [0.5, 0.6) is 0 Å². The van der Waals surface area contributed by atoms with Crippen LogP contribution >= 0.6 is 0 Å². The van der Waals surface area contributed by atoms with Gasteiger partial charge in [0.05, 0.1) is 37.3 Å². The molecule has 1 aliphatic heterocycles. The fraction of sp³-hybridized carbons (Fsp3) is 0.857. The highest BCUT2D eigenvalue weighted by atomic mass is 16.5. The molecule has 1 heterocycles. The molecule has 0 bridgehead atoms. The van der Waals surface area contributed by atoms with E-state index >= 15 is 0 Å². The molecular formula is C21H39N3O5. The topological polar surface area (TPSA) is 97.0 Å². The first-order valence-corrected chi connectivity index (χ1v) is 10.6. The van der Waals surface area contributed by atoms with Crippen LogP contribution in [-0.4, -0.2) is 74.7 Å². The van der Waals surface area contributed by atoms with Crippen LogP contribution in [0, 0.1) is 11.8 Å². The summed E-state index contributed by atoms with van der Waals surface area (Å²) in [4.78, 5) is 37.7. The summed E-state index contributed by atoms with van der Waals surface area (Å²) in [5.41, 5.74) is 0. The van der Waals surface area contributed by atoms with E-state index in [1.54, 1.807) is 14.2 Å². The van der Waals surface area contributed by atoms with Crippen LogP contribution in [0.1, 0.15) is 53.4 Å². The molecule has 29 heavy (non-hydrogen) atoms. The molecule has 1 fully saturated rings. The van der Waals surface area contributed by atoms with E-state index in [4.69, 9.17) is 9.47 Å². The highest BCUT2D eigenvalue weighted by Gasteiger charge is 2.38. The Hall–Kier alpha value is -1.67. The van der Waals surface area contributed by atoms with Crippen LogP contribution in [-0.2, 0) is 23.9 Å². The molecule has 2 N–H and O–H groups in total. The van der Waals surface area contributed by atoms with E-state index in [2.05, 4.69) is 24.5 Å². The van der Waals surface area contributed by atoms with E-state index in [1.807, 2.05) is 18.7 Å². The number of nitrogens with one attached hydrogen (secondary N) is 2.